The van der Waals surface area contributed by atoms with E-state index in [0.717, 1.165) is 0 Å². The summed E-state index contributed by atoms with van der Waals surface area (Å²) in [6.07, 6.45) is 1.92. The molecule has 6 N–H and O–H groups in total. The minimum Gasteiger partial charge on any atom is -0.497 e. The number of nitrogens with two attached hydrogens (primary N) is 1. The average molecular weight is 455 g/mol. The molecule has 0 saturated carbocycles. The van der Waals surface area contributed by atoms with E-state index in [-0.39, 0.29) is 28.7 Å². The van der Waals surface area contributed by atoms with Crippen LogP contribution in [0.15, 0.2) is 41.6 Å². The Morgan fingerprint density at radius 3 is 2.83 bits per heavy atom. The lowest BCUT2D eigenvalue weighted by Crippen LogP contribution is -2.24. The number of pyridine rings is 1. The van der Waals surface area contributed by atoms with Gasteiger partial charge in [0.15, 0.2) is 5.11 Å². The Kier molecular flexibility index (Phi) is 8.07. The standard InChI is InChI=1S/C16H18N5O7PS/c1-26-11-4-5-14(28-29(23,24)25)10(7-11)9-27-16(22)20-12-3-2-6-18-13(12)8-19-21-15(17)30/h2-8H,9H2,1H3,(H,20,22)(H3,17,21,30)(H2,23,24,25)/b19-8+. The lowest BCUT2D eigenvalue weighted by atomic mass is 10.2. The van der Waals surface area contributed by atoms with Gasteiger partial charge in [0.2, 0.25) is 0 Å². The van der Waals surface area contributed by atoms with Gasteiger partial charge in [0.05, 0.1) is 19.0 Å². The largest absolute Gasteiger partial charge is 0.524 e. The minimum absolute atomic E-state index is 0.0391. The highest BCUT2D eigenvalue weighted by molar-refractivity contribution is 7.80. The van der Waals surface area contributed by atoms with Gasteiger partial charge in [-0.2, -0.15) is 5.10 Å². The molecular formula is C16H18N5O7PS. The van der Waals surface area contributed by atoms with Crippen LogP contribution in [0, 0.1) is 0 Å². The van der Waals surface area contributed by atoms with E-state index in [0.29, 0.717) is 11.4 Å². The van der Waals surface area contributed by atoms with Crippen LogP contribution < -0.4 is 25.7 Å². The minimum atomic E-state index is -4.81. The summed E-state index contributed by atoms with van der Waals surface area (Å²) in [7, 11) is -3.40. The predicted molar refractivity (Wildman–Crippen MR) is 111 cm³/mol. The number of hydrogen-bond donors (Lipinski definition) is 5. The zero-order valence-electron chi connectivity index (χ0n) is 15.5. The van der Waals surface area contributed by atoms with Crippen molar-refractivity contribution < 1.29 is 33.1 Å². The Labute approximate surface area is 176 Å². The molecule has 2 rings (SSSR count). The van der Waals surface area contributed by atoms with Gasteiger partial charge in [-0.05, 0) is 42.5 Å². The molecule has 0 radical (unpaired) electrons. The lowest BCUT2D eigenvalue weighted by molar-refractivity contribution is 0.154. The molecule has 0 spiro atoms. The molecule has 0 aliphatic carbocycles. The molecule has 1 aromatic heterocycles. The van der Waals surface area contributed by atoms with Crippen molar-refractivity contribution in [2.45, 2.75) is 6.61 Å². The molecule has 0 aliphatic rings. The summed E-state index contributed by atoms with van der Waals surface area (Å²) in [6.45, 7) is -0.356. The van der Waals surface area contributed by atoms with Crippen LogP contribution in [0.3, 0.4) is 0 Å². The normalized spacial score (nSPS) is 11.0. The summed E-state index contributed by atoms with van der Waals surface area (Å²) >= 11 is 4.63. The van der Waals surface area contributed by atoms with Crippen LogP contribution in [0.4, 0.5) is 10.5 Å². The van der Waals surface area contributed by atoms with Gasteiger partial charge in [-0.15, -0.1) is 0 Å². The number of thiocarbonyl (C=S) groups is 1. The van der Waals surface area contributed by atoms with Gasteiger partial charge >= 0.3 is 13.9 Å². The number of phosphoric acid groups is 1. The molecule has 1 aromatic carbocycles. The first kappa shape index (κ1) is 23.0. The molecule has 14 heteroatoms. The first-order valence-electron chi connectivity index (χ1n) is 8.07. The third-order valence-electron chi connectivity index (χ3n) is 3.28. The number of hydrogen-bond acceptors (Lipinski definition) is 8. The van der Waals surface area contributed by atoms with Crippen molar-refractivity contribution in [2.75, 3.05) is 12.4 Å². The van der Waals surface area contributed by atoms with Gasteiger partial charge in [0.25, 0.3) is 0 Å². The molecule has 0 unspecified atom stereocenters. The van der Waals surface area contributed by atoms with Crippen molar-refractivity contribution in [1.29, 1.82) is 0 Å². The van der Waals surface area contributed by atoms with Crippen LogP contribution in [0.25, 0.3) is 0 Å². The number of anilines is 1. The third-order valence-corrected chi connectivity index (χ3v) is 3.81. The Morgan fingerprint density at radius 1 is 1.40 bits per heavy atom. The molecule has 0 fully saturated rings. The Bertz CT molecular complexity index is 998. The fraction of sp³-hybridized carbons (Fsp3) is 0.125. The molecule has 1 heterocycles. The maximum Gasteiger partial charge on any atom is 0.524 e. The van der Waals surface area contributed by atoms with Crippen molar-refractivity contribution in [3.05, 3.63) is 47.8 Å². The van der Waals surface area contributed by atoms with Gasteiger partial charge in [0, 0.05) is 11.8 Å². The predicted octanol–water partition coefficient (Wildman–Crippen LogP) is 1.48. The number of benzene rings is 1. The topological polar surface area (TPSA) is 178 Å². The smallest absolute Gasteiger partial charge is 0.497 e. The maximum absolute atomic E-state index is 12.2. The van der Waals surface area contributed by atoms with Crippen LogP contribution in [-0.4, -0.2) is 39.3 Å². The van der Waals surface area contributed by atoms with E-state index >= 15 is 0 Å². The number of methoxy groups -OCH3 is 1. The van der Waals surface area contributed by atoms with E-state index in [1.807, 2.05) is 0 Å². The number of aromatic nitrogens is 1. The number of ether oxygens (including phenoxy) is 2. The van der Waals surface area contributed by atoms with E-state index in [1.54, 1.807) is 12.1 Å². The van der Waals surface area contributed by atoms with Crippen LogP contribution in [0.5, 0.6) is 11.5 Å². The van der Waals surface area contributed by atoms with Gasteiger partial charge in [0.1, 0.15) is 23.8 Å². The molecule has 12 nitrogen and oxygen atoms in total. The van der Waals surface area contributed by atoms with E-state index in [2.05, 4.69) is 37.6 Å². The second-order valence-corrected chi connectivity index (χ2v) is 7.03. The molecule has 0 saturated heterocycles. The number of carbonyl (C=O) groups excluding carboxylic acids is 1. The zero-order valence-corrected chi connectivity index (χ0v) is 17.2. The summed E-state index contributed by atoms with van der Waals surface area (Å²) in [5.41, 5.74) is 8.40. The second-order valence-electron chi connectivity index (χ2n) is 5.43. The van der Waals surface area contributed by atoms with Crippen LogP contribution >= 0.6 is 20.0 Å². The van der Waals surface area contributed by atoms with Gasteiger partial charge in [-0.25, -0.2) is 9.36 Å². The third kappa shape index (κ3) is 7.64. The number of nitrogens with zero attached hydrogens (tertiary/aromatic N) is 2. The quantitative estimate of drug-likeness (QED) is 0.168. The fourth-order valence-electron chi connectivity index (χ4n) is 2.09. The van der Waals surface area contributed by atoms with Crippen LogP contribution in [0.1, 0.15) is 11.3 Å². The zero-order chi connectivity index (χ0) is 22.1. The number of amides is 1. The number of hydrazone groups is 1. The first-order chi connectivity index (χ1) is 14.2. The highest BCUT2D eigenvalue weighted by atomic mass is 32.1. The van der Waals surface area contributed by atoms with Gasteiger partial charge < -0.3 is 19.7 Å². The molecule has 0 bridgehead atoms. The molecule has 30 heavy (non-hydrogen) atoms. The molecular weight excluding hydrogens is 437 g/mol. The summed E-state index contributed by atoms with van der Waals surface area (Å²) in [5, 5.41) is 6.21. The van der Waals surface area contributed by atoms with Crippen LogP contribution in [0.2, 0.25) is 0 Å². The monoisotopic (exact) mass is 455 g/mol. The van der Waals surface area contributed by atoms with Crippen molar-refractivity contribution >= 4 is 43.1 Å². The first-order valence-corrected chi connectivity index (χ1v) is 10.0. The Balaban J connectivity index is 2.09. The number of nitrogens with one attached hydrogen (secondary N) is 2. The SMILES string of the molecule is COc1ccc(OP(=O)(O)O)c(COC(=O)Nc2cccnc2/C=N/NC(N)=S)c1. The van der Waals surface area contributed by atoms with E-state index < -0.39 is 13.9 Å². The van der Waals surface area contributed by atoms with Crippen LogP contribution in [-0.2, 0) is 15.9 Å². The van der Waals surface area contributed by atoms with Crippen molar-refractivity contribution in [1.82, 2.24) is 10.4 Å². The highest BCUT2D eigenvalue weighted by Gasteiger charge is 2.20. The lowest BCUT2D eigenvalue weighted by Gasteiger charge is -2.14. The highest BCUT2D eigenvalue weighted by Crippen LogP contribution is 2.40. The van der Waals surface area contributed by atoms with Crippen molar-refractivity contribution in [3.8, 4) is 11.5 Å². The van der Waals surface area contributed by atoms with Crippen molar-refractivity contribution in [2.24, 2.45) is 10.8 Å². The summed E-state index contributed by atoms with van der Waals surface area (Å²) < 4.78 is 25.9. The second kappa shape index (κ2) is 10.5. The van der Waals surface area contributed by atoms with Gasteiger partial charge in [-0.3, -0.25) is 25.5 Å². The van der Waals surface area contributed by atoms with E-state index in [1.165, 1.54) is 37.7 Å². The number of phosphoric ester groups is 1. The van der Waals surface area contributed by atoms with E-state index in [9.17, 15) is 9.36 Å². The molecule has 1 amide bonds. The molecule has 2 aromatic rings. The number of rotatable bonds is 8. The molecule has 0 atom stereocenters. The fourth-order valence-corrected chi connectivity index (χ4v) is 2.57. The van der Waals surface area contributed by atoms with E-state index in [4.69, 9.17) is 25.0 Å². The summed E-state index contributed by atoms with van der Waals surface area (Å²) in [4.78, 5) is 34.3. The summed E-state index contributed by atoms with van der Waals surface area (Å²) in [5.74, 6) is 0.220. The average Bonchev–Trinajstić information content (AvgIpc) is 2.67. The molecule has 160 valence electrons. The Hall–Kier alpha value is -3.25. The Morgan fingerprint density at radius 2 is 2.17 bits per heavy atom. The van der Waals surface area contributed by atoms with Gasteiger partial charge in [-0.1, -0.05) is 0 Å². The maximum atomic E-state index is 12.2. The van der Waals surface area contributed by atoms with Crippen molar-refractivity contribution in [3.63, 3.8) is 0 Å². The summed E-state index contributed by atoms with van der Waals surface area (Å²) in [6, 6.07) is 7.30. The number of carbonyl (C=O) groups is 1. The molecule has 0 aliphatic heterocycles.